The lowest BCUT2D eigenvalue weighted by Gasteiger charge is -2.23. The Hall–Kier alpha value is -1.14. The monoisotopic (exact) mass is 367 g/mol. The van der Waals surface area contributed by atoms with Gasteiger partial charge in [0, 0.05) is 16.1 Å². The molecule has 112 valence electrons. The molecule has 2 bridgehead atoms. The zero-order valence-electron chi connectivity index (χ0n) is 11.6. The van der Waals surface area contributed by atoms with Crippen molar-refractivity contribution in [3.8, 4) is 5.75 Å². The van der Waals surface area contributed by atoms with Crippen molar-refractivity contribution in [2.24, 2.45) is 16.9 Å². The molecule has 0 heterocycles. The van der Waals surface area contributed by atoms with E-state index in [2.05, 4.69) is 31.8 Å². The van der Waals surface area contributed by atoms with Gasteiger partial charge in [-0.25, -0.2) is 0 Å². The van der Waals surface area contributed by atoms with Gasteiger partial charge in [-0.1, -0.05) is 22.4 Å². The van der Waals surface area contributed by atoms with Gasteiger partial charge >= 0.3 is 0 Å². The van der Waals surface area contributed by atoms with E-state index in [0.29, 0.717) is 16.7 Å². The predicted molar refractivity (Wildman–Crippen MR) is 91.5 cm³/mol. The highest BCUT2D eigenvalue weighted by Gasteiger charge is 2.39. The van der Waals surface area contributed by atoms with Crippen LogP contribution in [-0.2, 0) is 0 Å². The van der Waals surface area contributed by atoms with E-state index in [-0.39, 0.29) is 5.75 Å². The molecule has 0 radical (unpaired) electrons. The van der Waals surface area contributed by atoms with Gasteiger partial charge in [0.15, 0.2) is 5.11 Å². The van der Waals surface area contributed by atoms with Gasteiger partial charge in [-0.2, -0.15) is 5.10 Å². The van der Waals surface area contributed by atoms with Crippen LogP contribution >= 0.6 is 28.1 Å². The molecule has 2 fully saturated rings. The van der Waals surface area contributed by atoms with E-state index < -0.39 is 0 Å². The van der Waals surface area contributed by atoms with E-state index in [4.69, 9.17) is 12.2 Å². The number of aromatic hydroxyl groups is 1. The number of halogens is 1. The van der Waals surface area contributed by atoms with Crippen molar-refractivity contribution in [2.45, 2.75) is 31.7 Å². The summed E-state index contributed by atoms with van der Waals surface area (Å²) in [6.45, 7) is 0. The molecule has 0 saturated heterocycles. The minimum atomic E-state index is 0.190. The maximum Gasteiger partial charge on any atom is 0.187 e. The molecule has 3 unspecified atom stereocenters. The number of thiocarbonyl (C=S) groups is 1. The Balaban J connectivity index is 1.51. The van der Waals surface area contributed by atoms with Crippen molar-refractivity contribution in [3.63, 3.8) is 0 Å². The van der Waals surface area contributed by atoms with Crippen molar-refractivity contribution in [1.29, 1.82) is 0 Å². The lowest BCUT2D eigenvalue weighted by Crippen LogP contribution is -2.42. The van der Waals surface area contributed by atoms with Crippen LogP contribution in [0.25, 0.3) is 0 Å². The Morgan fingerprint density at radius 1 is 1.38 bits per heavy atom. The average molecular weight is 368 g/mol. The Kier molecular flexibility index (Phi) is 4.45. The number of hydrogen-bond acceptors (Lipinski definition) is 3. The molecule has 3 atom stereocenters. The van der Waals surface area contributed by atoms with Crippen molar-refractivity contribution in [3.05, 3.63) is 28.2 Å². The van der Waals surface area contributed by atoms with E-state index >= 15 is 0 Å². The lowest BCUT2D eigenvalue weighted by atomic mass is 9.96. The first-order chi connectivity index (χ1) is 10.1. The minimum absolute atomic E-state index is 0.190. The molecule has 4 nitrogen and oxygen atoms in total. The Labute approximate surface area is 138 Å². The maximum atomic E-state index is 9.71. The van der Waals surface area contributed by atoms with E-state index in [1.54, 1.807) is 24.4 Å². The fourth-order valence-electron chi connectivity index (χ4n) is 3.41. The Bertz CT molecular complexity index is 578. The first-order valence-electron chi connectivity index (χ1n) is 7.20. The van der Waals surface area contributed by atoms with Gasteiger partial charge in [-0.05, 0) is 61.5 Å². The summed E-state index contributed by atoms with van der Waals surface area (Å²) in [4.78, 5) is 0. The standard InChI is InChI=1S/C15H18BrN3OS/c16-12-3-4-14(20)11(7-12)8-17-19-15(21)18-13-6-9-1-2-10(13)5-9/h3-4,7-10,13,20H,1-2,5-6H2,(H2,18,19,21). The second-order valence-corrected chi connectivity index (χ2v) is 7.15. The quantitative estimate of drug-likeness (QED) is 0.436. The molecule has 0 aromatic heterocycles. The summed E-state index contributed by atoms with van der Waals surface area (Å²) in [5.41, 5.74) is 3.47. The SMILES string of the molecule is Oc1ccc(Br)cc1C=NNC(=S)NC1CC2CCC1C2. The molecule has 21 heavy (non-hydrogen) atoms. The molecule has 2 aliphatic rings. The van der Waals surface area contributed by atoms with Crippen LogP contribution in [0.3, 0.4) is 0 Å². The van der Waals surface area contributed by atoms with Gasteiger partial charge in [-0.3, -0.25) is 5.43 Å². The maximum absolute atomic E-state index is 9.71. The summed E-state index contributed by atoms with van der Waals surface area (Å²) in [5, 5.41) is 17.7. The molecule has 1 aromatic carbocycles. The van der Waals surface area contributed by atoms with Crippen LogP contribution in [0.4, 0.5) is 0 Å². The van der Waals surface area contributed by atoms with Crippen molar-refractivity contribution in [2.75, 3.05) is 0 Å². The topological polar surface area (TPSA) is 56.7 Å². The van der Waals surface area contributed by atoms with Crippen LogP contribution < -0.4 is 10.7 Å². The van der Waals surface area contributed by atoms with Gasteiger partial charge in [0.2, 0.25) is 0 Å². The normalized spacial score (nSPS) is 27.2. The number of nitrogens with zero attached hydrogens (tertiary/aromatic N) is 1. The zero-order chi connectivity index (χ0) is 14.8. The fourth-order valence-corrected chi connectivity index (χ4v) is 3.99. The van der Waals surface area contributed by atoms with Crippen LogP contribution in [0, 0.1) is 11.8 Å². The van der Waals surface area contributed by atoms with Gasteiger partial charge in [0.1, 0.15) is 5.75 Å². The number of hydrogen-bond donors (Lipinski definition) is 3. The first-order valence-corrected chi connectivity index (χ1v) is 8.40. The lowest BCUT2D eigenvalue weighted by molar-refractivity contribution is 0.389. The summed E-state index contributed by atoms with van der Waals surface area (Å²) in [7, 11) is 0. The molecule has 0 spiro atoms. The molecular formula is C15H18BrN3OS. The largest absolute Gasteiger partial charge is 0.507 e. The number of phenols is 1. The highest BCUT2D eigenvalue weighted by molar-refractivity contribution is 9.10. The smallest absolute Gasteiger partial charge is 0.187 e. The third-order valence-electron chi connectivity index (χ3n) is 4.41. The summed E-state index contributed by atoms with van der Waals surface area (Å²) in [6.07, 6.45) is 6.83. The van der Waals surface area contributed by atoms with Crippen molar-refractivity contribution in [1.82, 2.24) is 10.7 Å². The van der Waals surface area contributed by atoms with Crippen LogP contribution in [0.15, 0.2) is 27.8 Å². The third-order valence-corrected chi connectivity index (χ3v) is 5.12. The minimum Gasteiger partial charge on any atom is -0.507 e. The van der Waals surface area contributed by atoms with Gasteiger partial charge < -0.3 is 10.4 Å². The summed E-state index contributed by atoms with van der Waals surface area (Å²) in [5.74, 6) is 1.85. The molecule has 6 heteroatoms. The number of fused-ring (bicyclic) bond motifs is 2. The molecule has 3 N–H and O–H groups in total. The number of hydrazone groups is 1. The molecule has 0 aliphatic heterocycles. The number of nitrogens with one attached hydrogen (secondary N) is 2. The van der Waals surface area contributed by atoms with E-state index in [1.165, 1.54) is 25.7 Å². The van der Waals surface area contributed by atoms with Crippen LogP contribution in [0.1, 0.15) is 31.2 Å². The van der Waals surface area contributed by atoms with E-state index in [0.717, 1.165) is 16.3 Å². The molecule has 1 aromatic rings. The van der Waals surface area contributed by atoms with Gasteiger partial charge in [0.25, 0.3) is 0 Å². The van der Waals surface area contributed by atoms with Crippen LogP contribution in [0.5, 0.6) is 5.75 Å². The second-order valence-electron chi connectivity index (χ2n) is 5.83. The summed E-state index contributed by atoms with van der Waals surface area (Å²) in [6, 6.07) is 5.70. The van der Waals surface area contributed by atoms with E-state index in [9.17, 15) is 5.11 Å². The van der Waals surface area contributed by atoms with Crippen LogP contribution in [-0.4, -0.2) is 22.5 Å². The van der Waals surface area contributed by atoms with Crippen molar-refractivity contribution >= 4 is 39.5 Å². The fraction of sp³-hybridized carbons (Fsp3) is 0.467. The molecule has 2 saturated carbocycles. The predicted octanol–water partition coefficient (Wildman–Crippen LogP) is 3.14. The molecule has 2 aliphatic carbocycles. The Morgan fingerprint density at radius 2 is 2.24 bits per heavy atom. The highest BCUT2D eigenvalue weighted by Crippen LogP contribution is 2.44. The van der Waals surface area contributed by atoms with Gasteiger partial charge in [0.05, 0.1) is 6.21 Å². The zero-order valence-corrected chi connectivity index (χ0v) is 14.0. The molecule has 0 amide bonds. The first kappa shape index (κ1) is 14.8. The highest BCUT2D eigenvalue weighted by atomic mass is 79.9. The van der Waals surface area contributed by atoms with Gasteiger partial charge in [-0.15, -0.1) is 0 Å². The average Bonchev–Trinajstić information content (AvgIpc) is 3.05. The summed E-state index contributed by atoms with van der Waals surface area (Å²) < 4.78 is 0.893. The molecule has 3 rings (SSSR count). The second kappa shape index (κ2) is 6.32. The third kappa shape index (κ3) is 3.55. The summed E-state index contributed by atoms with van der Waals surface area (Å²) >= 11 is 8.64. The Morgan fingerprint density at radius 3 is 2.95 bits per heavy atom. The number of rotatable bonds is 3. The van der Waals surface area contributed by atoms with Crippen LogP contribution in [0.2, 0.25) is 0 Å². The van der Waals surface area contributed by atoms with E-state index in [1.807, 2.05) is 0 Å². The molecular weight excluding hydrogens is 350 g/mol. The number of phenolic OH excluding ortho intramolecular Hbond substituents is 1. The number of benzene rings is 1. The van der Waals surface area contributed by atoms with Crippen molar-refractivity contribution < 1.29 is 5.11 Å².